The van der Waals surface area contributed by atoms with E-state index in [1.54, 1.807) is 12.3 Å². The molecule has 0 atom stereocenters. The molecule has 0 unspecified atom stereocenters. The predicted molar refractivity (Wildman–Crippen MR) is 84.7 cm³/mol. The van der Waals surface area contributed by atoms with Crippen LogP contribution >= 0.6 is 11.8 Å². The van der Waals surface area contributed by atoms with E-state index in [1.165, 1.54) is 0 Å². The number of nitrogens with one attached hydrogen (secondary N) is 1. The molecule has 1 saturated heterocycles. The number of thioether (sulfide) groups is 1. The van der Waals surface area contributed by atoms with Gasteiger partial charge in [-0.1, -0.05) is 30.3 Å². The topological polar surface area (TPSA) is 79.3 Å². The highest BCUT2D eigenvalue weighted by molar-refractivity contribution is 8.18. The van der Waals surface area contributed by atoms with Crippen molar-refractivity contribution in [1.29, 1.82) is 0 Å². The van der Waals surface area contributed by atoms with Crippen molar-refractivity contribution in [1.82, 2.24) is 10.3 Å². The van der Waals surface area contributed by atoms with Gasteiger partial charge in [0.2, 0.25) is 0 Å². The fourth-order valence-corrected chi connectivity index (χ4v) is 2.70. The highest BCUT2D eigenvalue weighted by Crippen LogP contribution is 2.26. The van der Waals surface area contributed by atoms with Gasteiger partial charge in [0.05, 0.1) is 17.2 Å². The Hall–Kier alpha value is -2.44. The zero-order chi connectivity index (χ0) is 15.5. The van der Waals surface area contributed by atoms with Crippen LogP contribution in [0.4, 0.5) is 4.79 Å². The fourth-order valence-electron chi connectivity index (χ4n) is 2.01. The first-order valence-corrected chi connectivity index (χ1v) is 7.38. The van der Waals surface area contributed by atoms with Gasteiger partial charge in [0.1, 0.15) is 0 Å². The molecule has 2 amide bonds. The number of pyridine rings is 1. The molecule has 0 radical (unpaired) electrons. The second-order valence-electron chi connectivity index (χ2n) is 4.68. The van der Waals surface area contributed by atoms with Gasteiger partial charge >= 0.3 is 0 Å². The van der Waals surface area contributed by atoms with Crippen LogP contribution < -0.4 is 5.32 Å². The van der Waals surface area contributed by atoms with Gasteiger partial charge in [-0.2, -0.15) is 0 Å². The summed E-state index contributed by atoms with van der Waals surface area (Å²) in [4.78, 5) is 27.3. The molecular weight excluding hydrogens is 300 g/mol. The third-order valence-corrected chi connectivity index (χ3v) is 3.97. The van der Waals surface area contributed by atoms with E-state index >= 15 is 0 Å². The monoisotopic (exact) mass is 312 g/mol. The second kappa shape index (κ2) is 6.13. The molecule has 3 rings (SSSR count). The van der Waals surface area contributed by atoms with Crippen LogP contribution in [0.2, 0.25) is 0 Å². The van der Waals surface area contributed by atoms with Crippen molar-refractivity contribution >= 4 is 29.0 Å². The van der Waals surface area contributed by atoms with Crippen LogP contribution in [0.1, 0.15) is 11.1 Å². The standard InChI is InChI=1S/C16H12N2O3S/c19-9-10-1-4-12(5-2-10)13-6-3-11(8-17-13)7-14-15(20)18-16(21)22-14/h1-8,19H,9H2,(H,18,20,21)/b14-7-. The molecule has 0 bridgehead atoms. The smallest absolute Gasteiger partial charge is 0.290 e. The highest BCUT2D eigenvalue weighted by atomic mass is 32.2. The van der Waals surface area contributed by atoms with Gasteiger partial charge < -0.3 is 5.11 Å². The van der Waals surface area contributed by atoms with Crippen LogP contribution in [0.5, 0.6) is 0 Å². The van der Waals surface area contributed by atoms with Gasteiger partial charge in [0.25, 0.3) is 11.1 Å². The van der Waals surface area contributed by atoms with Gasteiger partial charge in [-0.05, 0) is 35.0 Å². The minimum absolute atomic E-state index is 0.0126. The molecular formula is C16H12N2O3S. The minimum Gasteiger partial charge on any atom is -0.392 e. The minimum atomic E-state index is -0.376. The lowest BCUT2D eigenvalue weighted by molar-refractivity contribution is -0.115. The summed E-state index contributed by atoms with van der Waals surface area (Å²) in [5, 5.41) is 10.9. The van der Waals surface area contributed by atoms with Crippen molar-refractivity contribution < 1.29 is 14.7 Å². The molecule has 0 spiro atoms. The molecule has 2 N–H and O–H groups in total. The molecule has 2 aromatic rings. The number of rotatable bonds is 3. The summed E-state index contributed by atoms with van der Waals surface area (Å²) in [6, 6.07) is 11.2. The highest BCUT2D eigenvalue weighted by Gasteiger charge is 2.24. The normalized spacial score (nSPS) is 16.1. The van der Waals surface area contributed by atoms with E-state index in [4.69, 9.17) is 5.11 Å². The average Bonchev–Trinajstić information content (AvgIpc) is 2.86. The molecule has 110 valence electrons. The second-order valence-corrected chi connectivity index (χ2v) is 5.70. The van der Waals surface area contributed by atoms with Crippen LogP contribution in [0.3, 0.4) is 0 Å². The maximum Gasteiger partial charge on any atom is 0.290 e. The van der Waals surface area contributed by atoms with Crippen LogP contribution in [0.25, 0.3) is 17.3 Å². The largest absolute Gasteiger partial charge is 0.392 e. The van der Waals surface area contributed by atoms with Crippen molar-refractivity contribution in [2.75, 3.05) is 0 Å². The number of hydrogen-bond acceptors (Lipinski definition) is 5. The Morgan fingerprint density at radius 1 is 1.14 bits per heavy atom. The lowest BCUT2D eigenvalue weighted by atomic mass is 10.1. The number of aromatic nitrogens is 1. The SMILES string of the molecule is O=C1NC(=O)/C(=C/c2ccc(-c3ccc(CO)cc3)nc2)S1. The molecule has 2 heterocycles. The molecule has 1 fully saturated rings. The zero-order valence-corrected chi connectivity index (χ0v) is 12.3. The number of aliphatic hydroxyl groups is 1. The van der Waals surface area contributed by atoms with Gasteiger partial charge in [-0.15, -0.1) is 0 Å². The van der Waals surface area contributed by atoms with Crippen molar-refractivity contribution in [2.24, 2.45) is 0 Å². The van der Waals surface area contributed by atoms with Gasteiger partial charge in [-0.25, -0.2) is 0 Å². The Morgan fingerprint density at radius 2 is 1.91 bits per heavy atom. The third-order valence-electron chi connectivity index (χ3n) is 3.16. The predicted octanol–water partition coefficient (Wildman–Crippen LogP) is 2.56. The summed E-state index contributed by atoms with van der Waals surface area (Å²) in [5.41, 5.74) is 3.34. The Bertz CT molecular complexity index is 752. The Balaban J connectivity index is 1.82. The van der Waals surface area contributed by atoms with Gasteiger partial charge in [0.15, 0.2) is 0 Å². The first-order chi connectivity index (χ1) is 10.7. The first-order valence-electron chi connectivity index (χ1n) is 6.57. The number of amides is 2. The molecule has 22 heavy (non-hydrogen) atoms. The molecule has 1 aliphatic rings. The lowest BCUT2D eigenvalue weighted by Gasteiger charge is -2.03. The number of hydrogen-bond donors (Lipinski definition) is 2. The van der Waals surface area contributed by atoms with Gasteiger partial charge in [-0.3, -0.25) is 19.9 Å². The number of carbonyl (C=O) groups is 2. The van der Waals surface area contributed by atoms with E-state index in [1.807, 2.05) is 36.4 Å². The zero-order valence-electron chi connectivity index (χ0n) is 11.4. The van der Waals surface area contributed by atoms with Crippen LogP contribution in [0, 0.1) is 0 Å². The van der Waals surface area contributed by atoms with E-state index in [-0.39, 0.29) is 17.8 Å². The maximum atomic E-state index is 11.5. The van der Waals surface area contributed by atoms with Crippen molar-refractivity contribution in [3.05, 3.63) is 58.6 Å². The summed E-state index contributed by atoms with van der Waals surface area (Å²) in [5.74, 6) is -0.376. The summed E-state index contributed by atoms with van der Waals surface area (Å²) in [6.07, 6.45) is 3.29. The Morgan fingerprint density at radius 3 is 2.45 bits per heavy atom. The Labute approximate surface area is 131 Å². The molecule has 0 aliphatic carbocycles. The summed E-state index contributed by atoms with van der Waals surface area (Å²) in [7, 11) is 0. The first kappa shape index (κ1) is 14.5. The summed E-state index contributed by atoms with van der Waals surface area (Å²) < 4.78 is 0. The maximum absolute atomic E-state index is 11.5. The number of aliphatic hydroxyl groups excluding tert-OH is 1. The molecule has 5 nitrogen and oxygen atoms in total. The van der Waals surface area contributed by atoms with E-state index < -0.39 is 0 Å². The molecule has 6 heteroatoms. The third kappa shape index (κ3) is 3.08. The van der Waals surface area contributed by atoms with Crippen LogP contribution in [0.15, 0.2) is 47.5 Å². The number of nitrogens with zero attached hydrogens (tertiary/aromatic N) is 1. The van der Waals surface area contributed by atoms with Crippen molar-refractivity contribution in [3.63, 3.8) is 0 Å². The van der Waals surface area contributed by atoms with E-state index in [0.29, 0.717) is 4.91 Å². The fraction of sp³-hybridized carbons (Fsp3) is 0.0625. The molecule has 0 saturated carbocycles. The number of imide groups is 1. The van der Waals surface area contributed by atoms with Crippen molar-refractivity contribution in [2.45, 2.75) is 6.61 Å². The van der Waals surface area contributed by atoms with E-state index in [0.717, 1.165) is 34.1 Å². The quantitative estimate of drug-likeness (QED) is 0.852. The van der Waals surface area contributed by atoms with Gasteiger partial charge in [0, 0.05) is 11.8 Å². The summed E-state index contributed by atoms with van der Waals surface area (Å²) >= 11 is 0.883. The number of benzene rings is 1. The van der Waals surface area contributed by atoms with E-state index in [2.05, 4.69) is 10.3 Å². The molecule has 1 aromatic carbocycles. The molecule has 1 aromatic heterocycles. The van der Waals surface area contributed by atoms with E-state index in [9.17, 15) is 9.59 Å². The van der Waals surface area contributed by atoms with Crippen LogP contribution in [-0.4, -0.2) is 21.2 Å². The summed E-state index contributed by atoms with van der Waals surface area (Å²) in [6.45, 7) is 0.0126. The average molecular weight is 312 g/mol. The van der Waals surface area contributed by atoms with Crippen LogP contribution in [-0.2, 0) is 11.4 Å². The Kier molecular flexibility index (Phi) is 4.04. The lowest BCUT2D eigenvalue weighted by Crippen LogP contribution is -2.17. The number of carbonyl (C=O) groups excluding carboxylic acids is 2. The molecule has 1 aliphatic heterocycles. The van der Waals surface area contributed by atoms with Crippen molar-refractivity contribution in [3.8, 4) is 11.3 Å².